The fourth-order valence-corrected chi connectivity index (χ4v) is 2.72. The van der Waals surface area contributed by atoms with E-state index in [1.54, 1.807) is 0 Å². The van der Waals surface area contributed by atoms with Gasteiger partial charge in [0.25, 0.3) is 0 Å². The van der Waals surface area contributed by atoms with Crippen molar-refractivity contribution in [3.05, 3.63) is 29.8 Å². The highest BCUT2D eigenvalue weighted by Crippen LogP contribution is 2.28. The number of benzene rings is 1. The Labute approximate surface area is 149 Å². The zero-order valence-electron chi connectivity index (χ0n) is 13.9. The fourth-order valence-electron chi connectivity index (χ4n) is 2.28. The second kappa shape index (κ2) is 9.81. The molecule has 0 heterocycles. The third-order valence-corrected chi connectivity index (χ3v) is 6.19. The van der Waals surface area contributed by atoms with E-state index in [2.05, 4.69) is 60.5 Å². The second-order valence-electron chi connectivity index (χ2n) is 6.66. The van der Waals surface area contributed by atoms with Gasteiger partial charge in [0.05, 0.1) is 13.2 Å². The molecule has 0 aromatic heterocycles. The van der Waals surface area contributed by atoms with Gasteiger partial charge in [0.1, 0.15) is 5.75 Å². The largest absolute Gasteiger partial charge is 0.494 e. The van der Waals surface area contributed by atoms with Crippen LogP contribution in [0, 0.1) is 5.92 Å². The first-order valence-corrected chi connectivity index (χ1v) is 9.83. The van der Waals surface area contributed by atoms with Crippen molar-refractivity contribution in [2.24, 2.45) is 5.92 Å². The Morgan fingerprint density at radius 1 is 1.18 bits per heavy atom. The van der Waals surface area contributed by atoms with Crippen molar-refractivity contribution in [1.82, 2.24) is 0 Å². The van der Waals surface area contributed by atoms with Gasteiger partial charge in [0, 0.05) is 6.61 Å². The second-order valence-corrected chi connectivity index (χ2v) is 8.26. The van der Waals surface area contributed by atoms with Gasteiger partial charge in [0.2, 0.25) is 4.57 Å². The molecule has 2 nitrogen and oxygen atoms in total. The van der Waals surface area contributed by atoms with Gasteiger partial charge in [-0.3, -0.25) is 0 Å². The van der Waals surface area contributed by atoms with Crippen LogP contribution in [0.1, 0.15) is 38.7 Å². The van der Waals surface area contributed by atoms with Crippen LogP contribution in [0.5, 0.6) is 5.75 Å². The number of hydrogen-bond donors (Lipinski definition) is 0. The van der Waals surface area contributed by atoms with Gasteiger partial charge in [-0.25, -0.2) is 0 Å². The molecule has 1 aromatic carbocycles. The Balaban J connectivity index is 1.57. The van der Waals surface area contributed by atoms with E-state index in [0.717, 1.165) is 54.7 Å². The van der Waals surface area contributed by atoms with Gasteiger partial charge in [-0.15, -0.1) is 22.4 Å². The molecule has 0 bridgehead atoms. The van der Waals surface area contributed by atoms with Crippen LogP contribution in [0.15, 0.2) is 24.3 Å². The van der Waals surface area contributed by atoms with Crippen LogP contribution >= 0.6 is 22.4 Å². The maximum Gasteiger partial charge on any atom is 0.220 e. The number of ether oxygens (including phenoxy) is 2. The lowest BCUT2D eigenvalue weighted by Crippen LogP contribution is -2.09. The lowest BCUT2D eigenvalue weighted by Gasteiger charge is -2.11. The highest BCUT2D eigenvalue weighted by Gasteiger charge is 2.20. The summed E-state index contributed by atoms with van der Waals surface area (Å²) >= 11 is 2.55. The summed E-state index contributed by atoms with van der Waals surface area (Å²) < 4.78 is 12.3. The molecule has 0 radical (unpaired) electrons. The fraction of sp³-hybridized carbons (Fsp3) is 0.667. The highest BCUT2D eigenvalue weighted by molar-refractivity contribution is 14.1. The first-order chi connectivity index (χ1) is 10.6. The SMILES string of the molecule is CC(C)B(I)CCCOc1ccc(CCOCC2CC2)cc1. The molecule has 1 aromatic rings. The molecule has 1 aliphatic carbocycles. The molecule has 0 spiro atoms. The van der Waals surface area contributed by atoms with Crippen LogP contribution in [0.25, 0.3) is 0 Å². The predicted molar refractivity (Wildman–Crippen MR) is 103 cm³/mol. The molecule has 1 saturated carbocycles. The average molecular weight is 414 g/mol. The Bertz CT molecular complexity index is 418. The Morgan fingerprint density at radius 2 is 1.91 bits per heavy atom. The van der Waals surface area contributed by atoms with Crippen LogP contribution in [-0.2, 0) is 11.2 Å². The number of rotatable bonds is 11. The molecular weight excluding hydrogens is 386 g/mol. The molecule has 122 valence electrons. The molecule has 0 atom stereocenters. The van der Waals surface area contributed by atoms with Crippen LogP contribution in [0.2, 0.25) is 12.1 Å². The van der Waals surface area contributed by atoms with Gasteiger partial charge in [-0.1, -0.05) is 38.1 Å². The van der Waals surface area contributed by atoms with E-state index < -0.39 is 0 Å². The van der Waals surface area contributed by atoms with E-state index in [4.69, 9.17) is 9.47 Å². The topological polar surface area (TPSA) is 18.5 Å². The molecule has 22 heavy (non-hydrogen) atoms. The van der Waals surface area contributed by atoms with E-state index in [1.807, 2.05) is 0 Å². The van der Waals surface area contributed by atoms with Crippen LogP contribution in [0.4, 0.5) is 0 Å². The summed E-state index contributed by atoms with van der Waals surface area (Å²) in [5.41, 5.74) is 1.33. The maximum absolute atomic E-state index is 5.82. The Morgan fingerprint density at radius 3 is 2.55 bits per heavy atom. The van der Waals surface area contributed by atoms with Crippen molar-refractivity contribution in [2.75, 3.05) is 19.8 Å². The molecule has 2 rings (SSSR count). The molecule has 1 fully saturated rings. The zero-order valence-corrected chi connectivity index (χ0v) is 16.1. The molecule has 0 N–H and O–H groups in total. The number of halogens is 1. The summed E-state index contributed by atoms with van der Waals surface area (Å²) in [4.78, 5) is 0. The van der Waals surface area contributed by atoms with Gasteiger partial charge in [0.15, 0.2) is 0 Å². The summed E-state index contributed by atoms with van der Waals surface area (Å²) in [6, 6.07) is 8.48. The molecule has 0 unspecified atom stereocenters. The quantitative estimate of drug-likeness (QED) is 0.280. The molecule has 4 heteroatoms. The smallest absolute Gasteiger partial charge is 0.220 e. The monoisotopic (exact) mass is 414 g/mol. The highest BCUT2D eigenvalue weighted by atomic mass is 127. The van der Waals surface area contributed by atoms with E-state index in [0.29, 0.717) is 0 Å². The molecular formula is C18H28BIO2. The summed E-state index contributed by atoms with van der Waals surface area (Å²) in [7, 11) is 0. The maximum atomic E-state index is 5.82. The molecule has 1 aliphatic rings. The van der Waals surface area contributed by atoms with Gasteiger partial charge >= 0.3 is 0 Å². The van der Waals surface area contributed by atoms with Crippen molar-refractivity contribution in [1.29, 1.82) is 0 Å². The van der Waals surface area contributed by atoms with Crippen molar-refractivity contribution < 1.29 is 9.47 Å². The molecule has 0 saturated heterocycles. The minimum atomic E-state index is 0.749. The van der Waals surface area contributed by atoms with Crippen molar-refractivity contribution >= 4 is 26.9 Å². The van der Waals surface area contributed by atoms with Gasteiger partial charge in [-0.05, 0) is 49.3 Å². The summed E-state index contributed by atoms with van der Waals surface area (Å²) in [5.74, 6) is 2.59. The minimum absolute atomic E-state index is 0.749. The predicted octanol–water partition coefficient (Wildman–Crippen LogP) is 5.26. The summed E-state index contributed by atoms with van der Waals surface area (Å²) in [6.45, 7) is 7.17. The van der Waals surface area contributed by atoms with E-state index in [1.165, 1.54) is 24.7 Å². The van der Waals surface area contributed by atoms with Crippen LogP contribution in [-0.4, -0.2) is 24.4 Å². The minimum Gasteiger partial charge on any atom is -0.494 e. The van der Waals surface area contributed by atoms with E-state index in [9.17, 15) is 0 Å². The Hall–Kier alpha value is -0.225. The van der Waals surface area contributed by atoms with E-state index >= 15 is 0 Å². The van der Waals surface area contributed by atoms with Crippen LogP contribution in [0.3, 0.4) is 0 Å². The van der Waals surface area contributed by atoms with Crippen molar-refractivity contribution in [3.8, 4) is 5.75 Å². The van der Waals surface area contributed by atoms with E-state index in [-0.39, 0.29) is 0 Å². The third-order valence-electron chi connectivity index (χ3n) is 4.13. The van der Waals surface area contributed by atoms with Crippen LogP contribution < -0.4 is 4.74 Å². The van der Waals surface area contributed by atoms with Gasteiger partial charge < -0.3 is 9.47 Å². The first kappa shape index (κ1) is 18.1. The standard InChI is InChI=1S/C18H28BIO2/c1-15(2)19(20)11-3-12-22-18-8-6-16(7-9-18)10-13-21-14-17-4-5-17/h6-9,15,17H,3-5,10-14H2,1-2H3. The first-order valence-electron chi connectivity index (χ1n) is 8.58. The Kier molecular flexibility index (Phi) is 8.08. The average Bonchev–Trinajstić information content (AvgIpc) is 3.33. The third kappa shape index (κ3) is 7.36. The zero-order chi connectivity index (χ0) is 15.8. The van der Waals surface area contributed by atoms with Gasteiger partial charge in [-0.2, -0.15) is 0 Å². The van der Waals surface area contributed by atoms with Crippen molar-refractivity contribution in [3.63, 3.8) is 0 Å². The molecule has 0 amide bonds. The summed E-state index contributed by atoms with van der Waals surface area (Å²) in [5, 5.41) is 0. The van der Waals surface area contributed by atoms with Crippen molar-refractivity contribution in [2.45, 2.75) is 51.7 Å². The lowest BCUT2D eigenvalue weighted by molar-refractivity contribution is 0.127. The lowest BCUT2D eigenvalue weighted by atomic mass is 9.62. The summed E-state index contributed by atoms with van der Waals surface area (Å²) in [6.07, 6.45) is 6.08. The normalized spacial score (nSPS) is 14.4. The molecule has 0 aliphatic heterocycles. The number of hydrogen-bond acceptors (Lipinski definition) is 2.